The van der Waals surface area contributed by atoms with Crippen molar-refractivity contribution in [2.75, 3.05) is 38.3 Å². The Morgan fingerprint density at radius 2 is 1.88 bits per heavy atom. The minimum Gasteiger partial charge on any atom is -0.491 e. The van der Waals surface area contributed by atoms with Crippen LogP contribution in [-0.2, 0) is 4.74 Å². The number of methoxy groups -OCH3 is 1. The molecule has 0 saturated carbocycles. The van der Waals surface area contributed by atoms with Crippen LogP contribution >= 0.6 is 11.8 Å². The Kier molecular flexibility index (Phi) is 7.04. The van der Waals surface area contributed by atoms with Crippen molar-refractivity contribution in [2.24, 2.45) is 0 Å². The zero-order valence-electron chi connectivity index (χ0n) is 17.9. The number of rotatable bonds is 8. The van der Waals surface area contributed by atoms with Gasteiger partial charge in [0.1, 0.15) is 47.1 Å². The average Bonchev–Trinajstić information content (AvgIpc) is 2.82. The molecule has 4 rings (SSSR count). The lowest BCUT2D eigenvalue weighted by molar-refractivity contribution is 0.146. The number of alkyl halides is 1. The maximum absolute atomic E-state index is 13.6. The van der Waals surface area contributed by atoms with Gasteiger partial charge in [-0.2, -0.15) is 10.5 Å². The quantitative estimate of drug-likeness (QED) is 0.460. The molecule has 1 aliphatic rings. The molecule has 0 N–H and O–H groups in total. The van der Waals surface area contributed by atoms with E-state index in [-0.39, 0.29) is 24.2 Å². The fourth-order valence-corrected chi connectivity index (χ4v) is 4.30. The number of hydrogen-bond donors (Lipinski definition) is 0. The van der Waals surface area contributed by atoms with Crippen molar-refractivity contribution >= 4 is 17.6 Å². The monoisotopic (exact) mass is 461 g/mol. The summed E-state index contributed by atoms with van der Waals surface area (Å²) in [4.78, 5) is 11.3. The Hall–Kier alpha value is -3.66. The summed E-state index contributed by atoms with van der Waals surface area (Å²) in [5, 5.41) is 20.5. The topological polar surface area (TPSA) is 95.1 Å². The van der Waals surface area contributed by atoms with Gasteiger partial charge in [-0.05, 0) is 29.8 Å². The molecule has 0 bridgehead atoms. The van der Waals surface area contributed by atoms with Crippen LogP contribution in [0.2, 0.25) is 0 Å². The lowest BCUT2D eigenvalue weighted by Crippen LogP contribution is -2.49. The van der Waals surface area contributed by atoms with Crippen LogP contribution in [0.15, 0.2) is 58.7 Å². The van der Waals surface area contributed by atoms with Crippen LogP contribution in [-0.4, -0.2) is 49.6 Å². The minimum absolute atomic E-state index is 0.163. The smallest absolute Gasteiger partial charge is 0.148 e. The molecular weight excluding hydrogens is 441 g/mol. The van der Waals surface area contributed by atoms with E-state index in [1.807, 2.05) is 6.07 Å². The summed E-state index contributed by atoms with van der Waals surface area (Å²) >= 11 is 1.29. The Balaban J connectivity index is 1.81. The standard InChI is InChI=1S/C24H20FN5O2S/c1-31-9-10-32-18-6-4-16(5-7-18)22-20(11-26)23(30-14-17(25)15-30)29-24(21(22)12-27)33-19-3-2-8-28-13-19/h2-8,13,17H,9-10,14-15H2,1H3. The third kappa shape index (κ3) is 4.90. The highest BCUT2D eigenvalue weighted by Gasteiger charge is 2.32. The fraction of sp³-hybridized carbons (Fsp3) is 0.250. The first-order valence-electron chi connectivity index (χ1n) is 10.2. The maximum atomic E-state index is 13.6. The third-order valence-corrected chi connectivity index (χ3v) is 6.02. The molecule has 7 nitrogen and oxygen atoms in total. The second-order valence-corrected chi connectivity index (χ2v) is 8.31. The summed E-state index contributed by atoms with van der Waals surface area (Å²) in [7, 11) is 1.60. The molecule has 2 aromatic heterocycles. The van der Waals surface area contributed by atoms with Crippen LogP contribution in [0.25, 0.3) is 11.1 Å². The summed E-state index contributed by atoms with van der Waals surface area (Å²) in [6.07, 6.45) is 2.38. The molecule has 1 fully saturated rings. The predicted octanol–water partition coefficient (Wildman–Crippen LogP) is 4.22. The summed E-state index contributed by atoms with van der Waals surface area (Å²) in [6, 6.07) is 15.3. The number of ether oxygens (including phenoxy) is 2. The van der Waals surface area contributed by atoms with Crippen molar-refractivity contribution in [1.29, 1.82) is 10.5 Å². The van der Waals surface area contributed by atoms with E-state index in [2.05, 4.69) is 22.1 Å². The molecule has 0 spiro atoms. The number of anilines is 1. The molecule has 0 amide bonds. The number of pyridine rings is 2. The minimum atomic E-state index is -0.963. The zero-order valence-corrected chi connectivity index (χ0v) is 18.7. The van der Waals surface area contributed by atoms with Gasteiger partial charge in [0, 0.05) is 30.0 Å². The molecule has 0 unspecified atom stereocenters. The van der Waals surface area contributed by atoms with Crippen molar-refractivity contribution in [3.05, 3.63) is 59.9 Å². The molecule has 9 heteroatoms. The van der Waals surface area contributed by atoms with Gasteiger partial charge in [0.15, 0.2) is 0 Å². The Morgan fingerprint density at radius 1 is 1.12 bits per heavy atom. The second kappa shape index (κ2) is 10.3. The first kappa shape index (κ1) is 22.5. The molecule has 1 saturated heterocycles. The number of hydrogen-bond acceptors (Lipinski definition) is 8. The normalized spacial score (nSPS) is 13.2. The number of nitrogens with zero attached hydrogens (tertiary/aromatic N) is 5. The van der Waals surface area contributed by atoms with E-state index in [4.69, 9.17) is 9.47 Å². The molecule has 0 atom stereocenters. The van der Waals surface area contributed by atoms with E-state index in [0.29, 0.717) is 40.9 Å². The van der Waals surface area contributed by atoms with Crippen LogP contribution < -0.4 is 9.64 Å². The summed E-state index contributed by atoms with van der Waals surface area (Å²) < 4.78 is 24.3. The van der Waals surface area contributed by atoms with E-state index < -0.39 is 6.17 Å². The van der Waals surface area contributed by atoms with Crippen LogP contribution in [0.4, 0.5) is 10.2 Å². The van der Waals surface area contributed by atoms with Gasteiger partial charge in [0.25, 0.3) is 0 Å². The van der Waals surface area contributed by atoms with Crippen LogP contribution in [0.5, 0.6) is 5.75 Å². The molecule has 3 heterocycles. The zero-order chi connectivity index (χ0) is 23.2. The van der Waals surface area contributed by atoms with Crippen molar-refractivity contribution in [3.8, 4) is 29.0 Å². The number of nitriles is 2. The lowest BCUT2D eigenvalue weighted by Gasteiger charge is -2.36. The highest BCUT2D eigenvalue weighted by molar-refractivity contribution is 7.99. The summed E-state index contributed by atoms with van der Waals surface area (Å²) in [6.45, 7) is 1.20. The highest BCUT2D eigenvalue weighted by atomic mass is 32.2. The van der Waals surface area contributed by atoms with E-state index in [9.17, 15) is 14.9 Å². The first-order valence-corrected chi connectivity index (χ1v) is 11.0. The summed E-state index contributed by atoms with van der Waals surface area (Å²) in [5.41, 5.74) is 1.69. The van der Waals surface area contributed by atoms with Gasteiger partial charge in [0.2, 0.25) is 0 Å². The largest absolute Gasteiger partial charge is 0.491 e. The SMILES string of the molecule is COCCOc1ccc(-c2c(C#N)c(Sc3cccnc3)nc(N3CC(F)C3)c2C#N)cc1. The van der Waals surface area contributed by atoms with Crippen LogP contribution in [0.1, 0.15) is 11.1 Å². The summed E-state index contributed by atoms with van der Waals surface area (Å²) in [5.74, 6) is 1.03. The first-order chi connectivity index (χ1) is 16.1. The lowest BCUT2D eigenvalue weighted by atomic mass is 9.95. The van der Waals surface area contributed by atoms with Crippen molar-refractivity contribution in [1.82, 2.24) is 9.97 Å². The van der Waals surface area contributed by atoms with Crippen LogP contribution in [0.3, 0.4) is 0 Å². The van der Waals surface area contributed by atoms with Gasteiger partial charge in [0.05, 0.1) is 25.3 Å². The Bertz CT molecular complexity index is 1200. The second-order valence-electron chi connectivity index (χ2n) is 7.25. The maximum Gasteiger partial charge on any atom is 0.148 e. The fourth-order valence-electron chi connectivity index (χ4n) is 3.43. The van der Waals surface area contributed by atoms with Crippen molar-refractivity contribution in [3.63, 3.8) is 0 Å². The molecule has 1 aromatic carbocycles. The van der Waals surface area contributed by atoms with Crippen molar-refractivity contribution in [2.45, 2.75) is 16.1 Å². The van der Waals surface area contributed by atoms with Crippen LogP contribution in [0, 0.1) is 22.7 Å². The molecule has 166 valence electrons. The van der Waals surface area contributed by atoms with Crippen molar-refractivity contribution < 1.29 is 13.9 Å². The number of aromatic nitrogens is 2. The van der Waals surface area contributed by atoms with Gasteiger partial charge in [-0.3, -0.25) is 4.98 Å². The number of benzene rings is 1. The van der Waals surface area contributed by atoms with Gasteiger partial charge in [-0.1, -0.05) is 23.9 Å². The van der Waals surface area contributed by atoms with Gasteiger partial charge in [-0.25, -0.2) is 9.37 Å². The molecular formula is C24H20FN5O2S. The van der Waals surface area contributed by atoms with E-state index in [0.717, 1.165) is 4.90 Å². The third-order valence-electron chi connectivity index (χ3n) is 5.05. The Morgan fingerprint density at radius 3 is 2.48 bits per heavy atom. The molecule has 0 aliphatic carbocycles. The highest BCUT2D eigenvalue weighted by Crippen LogP contribution is 2.41. The van der Waals surface area contributed by atoms with E-state index in [1.54, 1.807) is 54.7 Å². The molecule has 3 aromatic rings. The van der Waals surface area contributed by atoms with Gasteiger partial charge < -0.3 is 14.4 Å². The van der Waals surface area contributed by atoms with Gasteiger partial charge >= 0.3 is 0 Å². The predicted molar refractivity (Wildman–Crippen MR) is 122 cm³/mol. The molecule has 0 radical (unpaired) electrons. The molecule has 33 heavy (non-hydrogen) atoms. The van der Waals surface area contributed by atoms with E-state index in [1.165, 1.54) is 11.8 Å². The Labute approximate surface area is 195 Å². The average molecular weight is 462 g/mol. The van der Waals surface area contributed by atoms with E-state index >= 15 is 0 Å². The molecule has 1 aliphatic heterocycles. The van der Waals surface area contributed by atoms with Gasteiger partial charge in [-0.15, -0.1) is 0 Å². The number of halogens is 1.